The zero-order chi connectivity index (χ0) is 18.7. The Morgan fingerprint density at radius 1 is 1.19 bits per heavy atom. The van der Waals surface area contributed by atoms with Crippen LogP contribution in [0.2, 0.25) is 5.02 Å². The van der Waals surface area contributed by atoms with Crippen LogP contribution in [0.3, 0.4) is 0 Å². The molecule has 0 spiro atoms. The number of hydrogen-bond donors (Lipinski definition) is 2. The second kappa shape index (κ2) is 7.45. The molecule has 2 amide bonds. The summed E-state index contributed by atoms with van der Waals surface area (Å²) in [5.41, 5.74) is 2.42. The van der Waals surface area contributed by atoms with Crippen molar-refractivity contribution in [2.45, 2.75) is 13.8 Å². The Kier molecular flexibility index (Phi) is 5.09. The summed E-state index contributed by atoms with van der Waals surface area (Å²) in [6.45, 7) is 3.06. The number of ether oxygens (including phenoxy) is 1. The first-order valence-corrected chi connectivity index (χ1v) is 8.15. The van der Waals surface area contributed by atoms with Gasteiger partial charge in [-0.1, -0.05) is 11.6 Å². The van der Waals surface area contributed by atoms with Gasteiger partial charge < -0.3 is 14.5 Å². The summed E-state index contributed by atoms with van der Waals surface area (Å²) < 4.78 is 11.0. The number of fused-ring (bicyclic) bond motifs is 1. The van der Waals surface area contributed by atoms with Gasteiger partial charge in [0, 0.05) is 23.7 Å². The molecular weight excluding hydrogens is 358 g/mol. The van der Waals surface area contributed by atoms with Gasteiger partial charge in [0.2, 0.25) is 5.91 Å². The second-order valence-corrected chi connectivity index (χ2v) is 6.07. The molecule has 2 aromatic carbocycles. The highest BCUT2D eigenvalue weighted by atomic mass is 35.5. The maximum atomic E-state index is 12.0. The van der Waals surface area contributed by atoms with Crippen LogP contribution in [-0.4, -0.2) is 23.4 Å². The summed E-state index contributed by atoms with van der Waals surface area (Å²) in [5, 5.41) is 5.79. The lowest BCUT2D eigenvalue weighted by Gasteiger charge is -2.08. The number of aryl methyl sites for hydroxylation is 1. The van der Waals surface area contributed by atoms with Gasteiger partial charge >= 0.3 is 6.01 Å². The topological polar surface area (TPSA) is 93.5 Å². The van der Waals surface area contributed by atoms with Crippen molar-refractivity contribution in [2.75, 3.05) is 17.2 Å². The van der Waals surface area contributed by atoms with Crippen molar-refractivity contribution in [1.82, 2.24) is 4.98 Å². The summed E-state index contributed by atoms with van der Waals surface area (Å²) in [6, 6.07) is 10.2. The largest absolute Gasteiger partial charge is 0.483 e. The number of carbonyl (C=O) groups excluding carboxylic acids is 2. The zero-order valence-electron chi connectivity index (χ0n) is 14.1. The van der Waals surface area contributed by atoms with Crippen molar-refractivity contribution in [1.29, 1.82) is 0 Å². The number of carbonyl (C=O) groups is 2. The van der Waals surface area contributed by atoms with Crippen LogP contribution in [0.5, 0.6) is 5.75 Å². The van der Waals surface area contributed by atoms with Gasteiger partial charge in [0.15, 0.2) is 12.2 Å². The molecule has 3 rings (SSSR count). The third-order valence-corrected chi connectivity index (χ3v) is 3.69. The Hall–Kier alpha value is -3.06. The molecule has 1 aromatic heterocycles. The Balaban J connectivity index is 1.64. The Morgan fingerprint density at radius 2 is 2.00 bits per heavy atom. The molecule has 0 radical (unpaired) electrons. The highest BCUT2D eigenvalue weighted by Crippen LogP contribution is 2.23. The lowest BCUT2D eigenvalue weighted by Crippen LogP contribution is -2.20. The molecular formula is C18H16ClN3O4. The van der Waals surface area contributed by atoms with Crippen LogP contribution < -0.4 is 15.4 Å². The molecule has 0 aliphatic heterocycles. The number of hydrogen-bond acceptors (Lipinski definition) is 5. The number of aromatic nitrogens is 1. The molecule has 0 aliphatic rings. The second-order valence-electron chi connectivity index (χ2n) is 5.63. The van der Waals surface area contributed by atoms with Crippen LogP contribution in [0.15, 0.2) is 40.8 Å². The highest BCUT2D eigenvalue weighted by molar-refractivity contribution is 6.30. The van der Waals surface area contributed by atoms with E-state index in [4.69, 9.17) is 20.8 Å². The van der Waals surface area contributed by atoms with Gasteiger partial charge in [-0.2, -0.15) is 4.98 Å². The van der Waals surface area contributed by atoms with E-state index < -0.39 is 5.91 Å². The normalized spacial score (nSPS) is 10.6. The first-order chi connectivity index (χ1) is 12.4. The molecule has 134 valence electrons. The smallest absolute Gasteiger partial charge is 0.302 e. The summed E-state index contributed by atoms with van der Waals surface area (Å²) in [6.07, 6.45) is 0. The lowest BCUT2D eigenvalue weighted by molar-refractivity contribution is -0.118. The van der Waals surface area contributed by atoms with Gasteiger partial charge in [0.25, 0.3) is 5.91 Å². The van der Waals surface area contributed by atoms with Crippen LogP contribution in [0.25, 0.3) is 11.1 Å². The summed E-state index contributed by atoms with van der Waals surface area (Å²) in [7, 11) is 0. The van der Waals surface area contributed by atoms with Gasteiger partial charge in [0.1, 0.15) is 11.3 Å². The van der Waals surface area contributed by atoms with E-state index in [-0.39, 0.29) is 18.5 Å². The molecule has 0 bridgehead atoms. The minimum absolute atomic E-state index is 0.0569. The molecule has 0 atom stereocenters. The molecule has 0 saturated carbocycles. The fourth-order valence-corrected chi connectivity index (χ4v) is 2.56. The molecule has 0 aliphatic carbocycles. The zero-order valence-corrected chi connectivity index (χ0v) is 14.9. The van der Waals surface area contributed by atoms with Gasteiger partial charge in [0.05, 0.1) is 0 Å². The van der Waals surface area contributed by atoms with Crippen LogP contribution in [0.4, 0.5) is 11.7 Å². The van der Waals surface area contributed by atoms with E-state index in [0.717, 1.165) is 5.56 Å². The van der Waals surface area contributed by atoms with Crippen LogP contribution in [0, 0.1) is 6.92 Å². The molecule has 0 fully saturated rings. The van der Waals surface area contributed by atoms with Crippen molar-refractivity contribution >= 4 is 46.2 Å². The van der Waals surface area contributed by atoms with E-state index in [0.29, 0.717) is 27.6 Å². The number of rotatable bonds is 5. The summed E-state index contributed by atoms with van der Waals surface area (Å²) in [5.74, 6) is -0.0258. The van der Waals surface area contributed by atoms with E-state index in [1.54, 1.807) is 36.4 Å². The highest BCUT2D eigenvalue weighted by Gasteiger charge is 2.11. The molecule has 3 aromatic rings. The van der Waals surface area contributed by atoms with Crippen molar-refractivity contribution < 1.29 is 18.7 Å². The Morgan fingerprint density at radius 3 is 2.73 bits per heavy atom. The van der Waals surface area contributed by atoms with Crippen molar-refractivity contribution in [2.24, 2.45) is 0 Å². The SMILES string of the molecule is CC(=O)Nc1ccc2nc(NC(=O)COc3ccc(Cl)cc3C)oc2c1. The maximum absolute atomic E-state index is 12.0. The monoisotopic (exact) mass is 373 g/mol. The molecule has 7 nitrogen and oxygen atoms in total. The number of anilines is 2. The average Bonchev–Trinajstić information content (AvgIpc) is 2.94. The van der Waals surface area contributed by atoms with E-state index in [2.05, 4.69) is 15.6 Å². The number of nitrogens with zero attached hydrogens (tertiary/aromatic N) is 1. The van der Waals surface area contributed by atoms with E-state index in [1.165, 1.54) is 6.92 Å². The molecule has 8 heteroatoms. The van der Waals surface area contributed by atoms with Crippen LogP contribution in [-0.2, 0) is 9.59 Å². The van der Waals surface area contributed by atoms with Crippen molar-refractivity contribution in [3.63, 3.8) is 0 Å². The van der Waals surface area contributed by atoms with Crippen LogP contribution >= 0.6 is 11.6 Å². The van der Waals surface area contributed by atoms with Gasteiger partial charge in [-0.15, -0.1) is 0 Å². The quantitative estimate of drug-likeness (QED) is 0.710. The number of halogens is 1. The third kappa shape index (κ3) is 4.31. The lowest BCUT2D eigenvalue weighted by atomic mass is 10.2. The van der Waals surface area contributed by atoms with Gasteiger partial charge in [-0.25, -0.2) is 0 Å². The van der Waals surface area contributed by atoms with E-state index in [1.807, 2.05) is 6.92 Å². The van der Waals surface area contributed by atoms with Crippen molar-refractivity contribution in [3.8, 4) is 5.75 Å². The minimum Gasteiger partial charge on any atom is -0.483 e. The predicted octanol–water partition coefficient (Wildman–Crippen LogP) is 3.77. The number of amides is 2. The Bertz CT molecular complexity index is 984. The number of nitrogens with one attached hydrogen (secondary N) is 2. The molecule has 0 saturated heterocycles. The molecule has 1 heterocycles. The standard InChI is InChI=1S/C18H16ClN3O4/c1-10-7-12(19)3-6-15(10)25-9-17(24)22-18-21-14-5-4-13(20-11(2)23)8-16(14)26-18/h3-8H,9H2,1-2H3,(H,20,23)(H,21,22,24). The first-order valence-electron chi connectivity index (χ1n) is 7.78. The summed E-state index contributed by atoms with van der Waals surface area (Å²) >= 11 is 5.89. The predicted molar refractivity (Wildman–Crippen MR) is 98.6 cm³/mol. The fourth-order valence-electron chi connectivity index (χ4n) is 2.33. The van der Waals surface area contributed by atoms with Gasteiger partial charge in [-0.3, -0.25) is 14.9 Å². The summed E-state index contributed by atoms with van der Waals surface area (Å²) in [4.78, 5) is 27.3. The molecule has 26 heavy (non-hydrogen) atoms. The average molecular weight is 374 g/mol. The fraction of sp³-hybridized carbons (Fsp3) is 0.167. The molecule has 0 unspecified atom stereocenters. The maximum Gasteiger partial charge on any atom is 0.302 e. The molecule has 2 N–H and O–H groups in total. The number of benzene rings is 2. The van der Waals surface area contributed by atoms with Crippen LogP contribution in [0.1, 0.15) is 12.5 Å². The first kappa shape index (κ1) is 17.8. The number of oxazole rings is 1. The van der Waals surface area contributed by atoms with E-state index in [9.17, 15) is 9.59 Å². The van der Waals surface area contributed by atoms with Crippen molar-refractivity contribution in [3.05, 3.63) is 47.0 Å². The van der Waals surface area contributed by atoms with E-state index >= 15 is 0 Å². The third-order valence-electron chi connectivity index (χ3n) is 3.45. The minimum atomic E-state index is -0.409. The Labute approximate surface area is 154 Å². The van der Waals surface area contributed by atoms with Gasteiger partial charge in [-0.05, 0) is 42.8 Å².